The van der Waals surface area contributed by atoms with Gasteiger partial charge in [-0.1, -0.05) is 23.7 Å². The minimum Gasteiger partial charge on any atom is -0.497 e. The number of carbonyl (C=O) groups excluding carboxylic acids is 1. The molecule has 0 atom stereocenters. The van der Waals surface area contributed by atoms with Crippen LogP contribution in [0.3, 0.4) is 0 Å². The fourth-order valence-electron chi connectivity index (χ4n) is 3.22. The van der Waals surface area contributed by atoms with Crippen molar-refractivity contribution in [3.63, 3.8) is 0 Å². The van der Waals surface area contributed by atoms with Crippen LogP contribution >= 0.6 is 11.6 Å². The third kappa shape index (κ3) is 4.20. The molecule has 0 unspecified atom stereocenters. The Balaban J connectivity index is 1.63. The SMILES string of the molecule is COc1ccc(CC2CCN(c3nnc(Cl)cc3C(N)=O)CC2)cc1. The van der Waals surface area contributed by atoms with Gasteiger partial charge in [0, 0.05) is 13.1 Å². The van der Waals surface area contributed by atoms with Crippen LogP contribution in [0.4, 0.5) is 5.82 Å². The van der Waals surface area contributed by atoms with Crippen molar-refractivity contribution in [1.82, 2.24) is 10.2 Å². The smallest absolute Gasteiger partial charge is 0.252 e. The Hall–Kier alpha value is -2.34. The maximum Gasteiger partial charge on any atom is 0.252 e. The quantitative estimate of drug-likeness (QED) is 0.886. The molecule has 132 valence electrons. The fraction of sp³-hybridized carbons (Fsp3) is 0.389. The number of benzene rings is 1. The Morgan fingerprint density at radius 1 is 1.28 bits per heavy atom. The van der Waals surface area contributed by atoms with Crippen molar-refractivity contribution in [3.05, 3.63) is 46.6 Å². The number of rotatable bonds is 5. The Bertz CT molecular complexity index is 743. The molecular formula is C18H21ClN4O2. The van der Waals surface area contributed by atoms with E-state index in [2.05, 4.69) is 27.2 Å². The van der Waals surface area contributed by atoms with E-state index in [0.717, 1.165) is 38.1 Å². The molecule has 6 nitrogen and oxygen atoms in total. The molecule has 0 radical (unpaired) electrons. The number of nitrogens with two attached hydrogens (primary N) is 1. The second-order valence-corrected chi connectivity index (χ2v) is 6.64. The molecule has 1 amide bonds. The molecule has 0 saturated carbocycles. The molecule has 0 bridgehead atoms. The highest BCUT2D eigenvalue weighted by molar-refractivity contribution is 6.29. The number of piperidine rings is 1. The van der Waals surface area contributed by atoms with Gasteiger partial charge in [-0.3, -0.25) is 4.79 Å². The minimum absolute atomic E-state index is 0.173. The number of amides is 1. The highest BCUT2D eigenvalue weighted by atomic mass is 35.5. The summed E-state index contributed by atoms with van der Waals surface area (Å²) in [4.78, 5) is 13.7. The van der Waals surface area contributed by atoms with Gasteiger partial charge in [-0.15, -0.1) is 10.2 Å². The predicted octanol–water partition coefficient (Wildman–Crippen LogP) is 2.70. The Kier molecular flexibility index (Phi) is 5.38. The lowest BCUT2D eigenvalue weighted by molar-refractivity contribution is 0.1000. The number of carbonyl (C=O) groups is 1. The van der Waals surface area contributed by atoms with Crippen LogP contribution in [0.1, 0.15) is 28.8 Å². The number of aromatic nitrogens is 2. The summed E-state index contributed by atoms with van der Waals surface area (Å²) >= 11 is 5.83. The molecule has 2 aromatic rings. The summed E-state index contributed by atoms with van der Waals surface area (Å²) in [5.41, 5.74) is 7.08. The van der Waals surface area contributed by atoms with Crippen molar-refractivity contribution < 1.29 is 9.53 Å². The highest BCUT2D eigenvalue weighted by Gasteiger charge is 2.24. The van der Waals surface area contributed by atoms with Gasteiger partial charge in [0.2, 0.25) is 0 Å². The minimum atomic E-state index is -0.535. The lowest BCUT2D eigenvalue weighted by Crippen LogP contribution is -2.36. The van der Waals surface area contributed by atoms with E-state index in [1.807, 2.05) is 12.1 Å². The molecule has 1 saturated heterocycles. The monoisotopic (exact) mass is 360 g/mol. The summed E-state index contributed by atoms with van der Waals surface area (Å²) in [6, 6.07) is 9.69. The summed E-state index contributed by atoms with van der Waals surface area (Å²) in [6.45, 7) is 1.63. The van der Waals surface area contributed by atoms with Gasteiger partial charge in [-0.2, -0.15) is 0 Å². The van der Waals surface area contributed by atoms with E-state index in [1.165, 1.54) is 11.6 Å². The average Bonchev–Trinajstić information content (AvgIpc) is 2.63. The summed E-state index contributed by atoms with van der Waals surface area (Å²) in [5, 5.41) is 8.11. The molecule has 1 fully saturated rings. The summed E-state index contributed by atoms with van der Waals surface area (Å²) in [5.74, 6) is 1.47. The van der Waals surface area contributed by atoms with Crippen LogP contribution in [-0.4, -0.2) is 36.3 Å². The molecule has 2 N–H and O–H groups in total. The van der Waals surface area contributed by atoms with E-state index >= 15 is 0 Å². The highest BCUT2D eigenvalue weighted by Crippen LogP contribution is 2.27. The molecule has 3 rings (SSSR count). The van der Waals surface area contributed by atoms with Crippen LogP contribution in [0.15, 0.2) is 30.3 Å². The van der Waals surface area contributed by atoms with Gasteiger partial charge in [0.15, 0.2) is 11.0 Å². The van der Waals surface area contributed by atoms with Crippen LogP contribution < -0.4 is 15.4 Å². The van der Waals surface area contributed by atoms with Crippen LogP contribution in [-0.2, 0) is 6.42 Å². The first-order valence-corrected chi connectivity index (χ1v) is 8.65. The summed E-state index contributed by atoms with van der Waals surface area (Å²) < 4.78 is 5.19. The van der Waals surface area contributed by atoms with E-state index in [4.69, 9.17) is 22.1 Å². The molecule has 0 spiro atoms. The largest absolute Gasteiger partial charge is 0.497 e. The number of halogens is 1. The van der Waals surface area contributed by atoms with E-state index < -0.39 is 5.91 Å². The molecular weight excluding hydrogens is 340 g/mol. The first-order valence-electron chi connectivity index (χ1n) is 8.27. The van der Waals surface area contributed by atoms with Gasteiger partial charge in [-0.25, -0.2) is 0 Å². The van der Waals surface area contributed by atoms with Crippen LogP contribution in [0.25, 0.3) is 0 Å². The molecule has 1 aromatic heterocycles. The second kappa shape index (κ2) is 7.70. The van der Waals surface area contributed by atoms with Gasteiger partial charge in [0.05, 0.1) is 12.7 Å². The van der Waals surface area contributed by atoms with Crippen molar-refractivity contribution in [2.75, 3.05) is 25.1 Å². The number of primary amides is 1. The van der Waals surface area contributed by atoms with Crippen molar-refractivity contribution in [2.24, 2.45) is 11.7 Å². The Morgan fingerprint density at radius 2 is 1.96 bits per heavy atom. The summed E-state index contributed by atoms with van der Waals surface area (Å²) in [7, 11) is 1.67. The Labute approximate surface area is 151 Å². The Morgan fingerprint density at radius 3 is 2.56 bits per heavy atom. The van der Waals surface area contributed by atoms with Crippen LogP contribution in [0, 0.1) is 5.92 Å². The topological polar surface area (TPSA) is 81.3 Å². The van der Waals surface area contributed by atoms with Gasteiger partial charge < -0.3 is 15.4 Å². The van der Waals surface area contributed by atoms with E-state index in [9.17, 15) is 4.79 Å². The third-order valence-electron chi connectivity index (χ3n) is 4.61. The number of nitrogens with zero attached hydrogens (tertiary/aromatic N) is 3. The number of hydrogen-bond acceptors (Lipinski definition) is 5. The first kappa shape index (κ1) is 17.5. The molecule has 25 heavy (non-hydrogen) atoms. The van der Waals surface area contributed by atoms with Gasteiger partial charge in [-0.05, 0) is 48.9 Å². The van der Waals surface area contributed by atoms with Gasteiger partial charge >= 0.3 is 0 Å². The van der Waals surface area contributed by atoms with E-state index in [1.54, 1.807) is 7.11 Å². The maximum absolute atomic E-state index is 11.6. The normalized spacial score (nSPS) is 15.2. The van der Waals surface area contributed by atoms with Crippen molar-refractivity contribution in [1.29, 1.82) is 0 Å². The zero-order chi connectivity index (χ0) is 17.8. The molecule has 0 aliphatic carbocycles. The zero-order valence-electron chi connectivity index (χ0n) is 14.1. The lowest BCUT2D eigenvalue weighted by Gasteiger charge is -2.33. The standard InChI is InChI=1S/C18H21ClN4O2/c1-25-14-4-2-12(3-5-14)10-13-6-8-23(9-7-13)18-15(17(20)24)11-16(19)21-22-18/h2-5,11,13H,6-10H2,1H3,(H2,20,24). The van der Waals surface area contributed by atoms with Gasteiger partial charge in [0.25, 0.3) is 5.91 Å². The number of hydrogen-bond donors (Lipinski definition) is 1. The average molecular weight is 361 g/mol. The molecule has 1 aliphatic heterocycles. The third-order valence-corrected chi connectivity index (χ3v) is 4.79. The molecule has 7 heteroatoms. The first-order chi connectivity index (χ1) is 12.1. The van der Waals surface area contributed by atoms with Crippen LogP contribution in [0.5, 0.6) is 5.75 Å². The van der Waals surface area contributed by atoms with Crippen molar-refractivity contribution in [3.8, 4) is 5.75 Å². The van der Waals surface area contributed by atoms with Crippen LogP contribution in [0.2, 0.25) is 5.15 Å². The lowest BCUT2D eigenvalue weighted by atomic mass is 9.90. The molecule has 1 aromatic carbocycles. The van der Waals surface area contributed by atoms with Crippen molar-refractivity contribution in [2.45, 2.75) is 19.3 Å². The predicted molar refractivity (Wildman–Crippen MR) is 97.2 cm³/mol. The molecule has 1 aliphatic rings. The van der Waals surface area contributed by atoms with E-state index in [0.29, 0.717) is 17.3 Å². The van der Waals surface area contributed by atoms with Gasteiger partial charge in [0.1, 0.15) is 5.75 Å². The number of ether oxygens (including phenoxy) is 1. The van der Waals surface area contributed by atoms with Crippen molar-refractivity contribution >= 4 is 23.3 Å². The van der Waals surface area contributed by atoms with E-state index in [-0.39, 0.29) is 5.15 Å². The number of anilines is 1. The maximum atomic E-state index is 11.6. The number of methoxy groups -OCH3 is 1. The fourth-order valence-corrected chi connectivity index (χ4v) is 3.37. The summed E-state index contributed by atoms with van der Waals surface area (Å²) in [6.07, 6.45) is 3.08. The zero-order valence-corrected chi connectivity index (χ0v) is 14.9. The second-order valence-electron chi connectivity index (χ2n) is 6.25. The molecule has 2 heterocycles.